The molecule has 1 aliphatic heterocycles. The fourth-order valence-electron chi connectivity index (χ4n) is 6.76. The Morgan fingerprint density at radius 2 is 1.42 bits per heavy atom. The number of benzene rings is 5. The number of carbonyl (C=O) groups excluding carboxylic acids is 1. The number of amides is 1. The highest BCUT2D eigenvalue weighted by Gasteiger charge is 2.42. The first-order valence-electron chi connectivity index (χ1n) is 18.6. The minimum Gasteiger partial charge on any atom is -0.392 e. The summed E-state index contributed by atoms with van der Waals surface area (Å²) in [6, 6.07) is 40.6. The molecule has 13 heteroatoms. The zero-order chi connectivity index (χ0) is 39.8. The minimum atomic E-state index is -3.97. The summed E-state index contributed by atoms with van der Waals surface area (Å²) in [4.78, 5) is 13.8. The topological polar surface area (TPSA) is 140 Å². The summed E-state index contributed by atoms with van der Waals surface area (Å²) in [5, 5.41) is 22.1. The number of ether oxygens (including phenoxy) is 2. The van der Waals surface area contributed by atoms with Crippen molar-refractivity contribution >= 4 is 39.0 Å². The smallest absolute Gasteiger partial charge is 0.241 e. The van der Waals surface area contributed by atoms with Crippen molar-refractivity contribution in [2.24, 2.45) is 0 Å². The molecule has 6 aromatic rings. The second-order valence-electron chi connectivity index (χ2n) is 13.9. The van der Waals surface area contributed by atoms with Crippen LogP contribution in [0.25, 0.3) is 0 Å². The van der Waals surface area contributed by atoms with Crippen LogP contribution in [-0.2, 0) is 43.9 Å². The van der Waals surface area contributed by atoms with E-state index in [4.69, 9.17) is 9.47 Å². The quantitative estimate of drug-likeness (QED) is 0.0895. The highest BCUT2D eigenvalue weighted by Crippen LogP contribution is 2.48. The van der Waals surface area contributed by atoms with Crippen LogP contribution in [0.2, 0.25) is 0 Å². The summed E-state index contributed by atoms with van der Waals surface area (Å²) >= 11 is 3.16. The number of hydrogen-bond donors (Lipinski definition) is 3. The van der Waals surface area contributed by atoms with Gasteiger partial charge in [0.1, 0.15) is 11.0 Å². The second kappa shape index (κ2) is 18.7. The van der Waals surface area contributed by atoms with Crippen LogP contribution in [0.15, 0.2) is 143 Å². The van der Waals surface area contributed by atoms with E-state index in [2.05, 4.69) is 32.4 Å². The van der Waals surface area contributed by atoms with Gasteiger partial charge in [0.25, 0.3) is 0 Å². The van der Waals surface area contributed by atoms with E-state index in [9.17, 15) is 18.3 Å². The molecule has 10 nitrogen and oxygen atoms in total. The van der Waals surface area contributed by atoms with E-state index in [1.807, 2.05) is 111 Å². The predicted octanol–water partition coefficient (Wildman–Crippen LogP) is 7.58. The fraction of sp³-hybridized carbons (Fsp3) is 0.250. The van der Waals surface area contributed by atoms with Gasteiger partial charge in [-0.2, -0.15) is 4.72 Å². The monoisotopic (exact) mass is 820 g/mol. The number of carbonyl (C=O) groups is 1. The van der Waals surface area contributed by atoms with E-state index < -0.39 is 28.3 Å². The Kier molecular flexibility index (Phi) is 13.3. The predicted molar refractivity (Wildman–Crippen MR) is 222 cm³/mol. The zero-order valence-corrected chi connectivity index (χ0v) is 34.0. The number of aromatic nitrogens is 2. The number of nitrogens with zero attached hydrogens (tertiary/aromatic N) is 2. The van der Waals surface area contributed by atoms with Gasteiger partial charge in [0, 0.05) is 23.8 Å². The highest BCUT2D eigenvalue weighted by atomic mass is 32.2. The van der Waals surface area contributed by atoms with Crippen molar-refractivity contribution in [1.29, 1.82) is 0 Å². The number of aliphatic hydroxyl groups is 1. The van der Waals surface area contributed by atoms with E-state index >= 15 is 0 Å². The fourth-order valence-corrected chi connectivity index (χ4v) is 9.86. The van der Waals surface area contributed by atoms with E-state index in [0.29, 0.717) is 5.75 Å². The first-order chi connectivity index (χ1) is 27.6. The van der Waals surface area contributed by atoms with Crippen LogP contribution in [0.1, 0.15) is 62.3 Å². The summed E-state index contributed by atoms with van der Waals surface area (Å²) in [6.45, 7) is 3.95. The van der Waals surface area contributed by atoms with Gasteiger partial charge < -0.3 is 19.9 Å². The number of rotatable bonds is 15. The van der Waals surface area contributed by atoms with E-state index in [0.717, 1.165) is 48.3 Å². The molecule has 5 unspecified atom stereocenters. The molecule has 1 saturated heterocycles. The summed E-state index contributed by atoms with van der Waals surface area (Å²) in [5.41, 5.74) is 6.26. The maximum Gasteiger partial charge on any atom is 0.241 e. The van der Waals surface area contributed by atoms with Crippen LogP contribution in [0, 0.1) is 13.8 Å². The van der Waals surface area contributed by atoms with E-state index in [1.54, 1.807) is 35.2 Å². The van der Waals surface area contributed by atoms with E-state index in [1.165, 1.54) is 12.1 Å². The van der Waals surface area contributed by atoms with Crippen molar-refractivity contribution in [3.63, 3.8) is 0 Å². The van der Waals surface area contributed by atoms with Gasteiger partial charge >= 0.3 is 0 Å². The molecule has 294 valence electrons. The van der Waals surface area contributed by atoms with Crippen molar-refractivity contribution in [3.8, 4) is 0 Å². The van der Waals surface area contributed by atoms with Crippen LogP contribution in [0.4, 0.5) is 0 Å². The van der Waals surface area contributed by atoms with Crippen molar-refractivity contribution < 1.29 is 27.8 Å². The Labute approximate surface area is 341 Å². The highest BCUT2D eigenvalue weighted by molar-refractivity contribution is 8.01. The molecule has 7 rings (SSSR count). The first-order valence-corrected chi connectivity index (χ1v) is 21.9. The molecule has 0 saturated carbocycles. The molecule has 1 amide bonds. The SMILES string of the molecule is Cc1ccc(S(=O)(=O)NC(Cc2ccccc2)C(=O)NCc2ccc(C3OC(CSc4nnc(C)s4)C(c4ccccc4)C(c4ccc(CO)cc4)O3)cc2)cc1. The Hall–Kier alpha value is -4.73. The van der Waals surface area contributed by atoms with Crippen molar-refractivity contribution in [2.45, 2.75) is 73.1 Å². The second-order valence-corrected chi connectivity index (χ2v) is 18.1. The molecule has 1 aliphatic rings. The van der Waals surface area contributed by atoms with Crippen LogP contribution in [0.5, 0.6) is 0 Å². The van der Waals surface area contributed by atoms with Gasteiger partial charge in [-0.05, 0) is 60.2 Å². The Morgan fingerprint density at radius 1 is 0.772 bits per heavy atom. The number of hydrogen-bond acceptors (Lipinski definition) is 10. The van der Waals surface area contributed by atoms with Crippen LogP contribution in [-0.4, -0.2) is 47.5 Å². The van der Waals surface area contributed by atoms with Crippen molar-refractivity contribution in [2.75, 3.05) is 5.75 Å². The third-order valence-corrected chi connectivity index (χ3v) is 13.3. The lowest BCUT2D eigenvalue weighted by Gasteiger charge is -2.43. The Balaban J connectivity index is 1.10. The third-order valence-electron chi connectivity index (χ3n) is 9.80. The lowest BCUT2D eigenvalue weighted by molar-refractivity contribution is -0.255. The summed E-state index contributed by atoms with van der Waals surface area (Å²) < 4.78 is 43.9. The molecule has 0 aliphatic carbocycles. The van der Waals surface area contributed by atoms with Gasteiger partial charge in [0.05, 0.1) is 23.7 Å². The molecule has 1 fully saturated rings. The molecule has 1 aromatic heterocycles. The van der Waals surface area contributed by atoms with Crippen molar-refractivity contribution in [3.05, 3.63) is 177 Å². The lowest BCUT2D eigenvalue weighted by atomic mass is 9.84. The average molecular weight is 821 g/mol. The molecule has 3 N–H and O–H groups in total. The van der Waals surface area contributed by atoms with Gasteiger partial charge in [0.2, 0.25) is 15.9 Å². The normalized spacial score (nSPS) is 18.9. The van der Waals surface area contributed by atoms with Gasteiger partial charge in [-0.1, -0.05) is 150 Å². The molecule has 0 bridgehead atoms. The molecule has 0 radical (unpaired) electrons. The van der Waals surface area contributed by atoms with Crippen LogP contribution in [0.3, 0.4) is 0 Å². The van der Waals surface area contributed by atoms with Gasteiger partial charge in [-0.15, -0.1) is 10.2 Å². The first kappa shape index (κ1) is 40.5. The third kappa shape index (κ3) is 10.4. The number of sulfonamides is 1. The maximum absolute atomic E-state index is 13.7. The summed E-state index contributed by atoms with van der Waals surface area (Å²) in [6.07, 6.45) is -1.17. The number of nitrogens with one attached hydrogen (secondary N) is 2. The number of aliphatic hydroxyl groups excluding tert-OH is 1. The summed E-state index contributed by atoms with van der Waals surface area (Å²) in [7, 11) is -3.97. The minimum absolute atomic E-state index is 0.0519. The molecule has 0 spiro atoms. The van der Waals surface area contributed by atoms with Gasteiger partial charge in [0.15, 0.2) is 10.6 Å². The molecular formula is C44H44N4O6S3. The lowest BCUT2D eigenvalue weighted by Crippen LogP contribution is -2.47. The average Bonchev–Trinajstić information content (AvgIpc) is 3.67. The van der Waals surface area contributed by atoms with Crippen molar-refractivity contribution in [1.82, 2.24) is 20.2 Å². The molecule has 2 heterocycles. The van der Waals surface area contributed by atoms with Gasteiger partial charge in [-0.3, -0.25) is 4.79 Å². The molecular weight excluding hydrogens is 777 g/mol. The Morgan fingerprint density at radius 3 is 2.07 bits per heavy atom. The van der Waals surface area contributed by atoms with Gasteiger partial charge in [-0.25, -0.2) is 8.42 Å². The zero-order valence-electron chi connectivity index (χ0n) is 31.5. The molecule has 5 aromatic carbocycles. The number of aryl methyl sites for hydroxylation is 2. The van der Waals surface area contributed by atoms with Crippen LogP contribution < -0.4 is 10.0 Å². The molecule has 57 heavy (non-hydrogen) atoms. The Bertz CT molecular complexity index is 2330. The largest absolute Gasteiger partial charge is 0.392 e. The summed E-state index contributed by atoms with van der Waals surface area (Å²) in [5.74, 6) is 0.0255. The molecule has 5 atom stereocenters. The van der Waals surface area contributed by atoms with Crippen LogP contribution >= 0.6 is 23.1 Å². The number of thioether (sulfide) groups is 1. The van der Waals surface area contributed by atoms with E-state index in [-0.39, 0.29) is 42.6 Å². The standard InChI is InChI=1S/C44H44N4O6S3/c1-29-13-23-37(24-14-29)57(51,52)48-38(25-31-9-5-3-6-10-31)42(50)45-26-32-15-21-36(22-16-32)43-53-39(28-55-44-47-46-30(2)56-44)40(34-11-7-4-8-12-34)41(54-43)35-19-17-33(27-49)18-20-35/h3-24,38-41,43,48-49H,25-28H2,1-2H3,(H,45,50). The maximum atomic E-state index is 13.7.